The van der Waals surface area contributed by atoms with Crippen LogP contribution in [-0.2, 0) is 24.7 Å². The van der Waals surface area contributed by atoms with Crippen LogP contribution in [-0.4, -0.2) is 58.3 Å². The van der Waals surface area contributed by atoms with Gasteiger partial charge in [0.2, 0.25) is 15.9 Å². The van der Waals surface area contributed by atoms with Crippen LogP contribution in [0.3, 0.4) is 0 Å². The molecule has 2 rings (SSSR count). The molecule has 0 bridgehead atoms. The van der Waals surface area contributed by atoms with Crippen LogP contribution in [0, 0.1) is 5.82 Å². The maximum absolute atomic E-state index is 13.1. The van der Waals surface area contributed by atoms with Crippen LogP contribution >= 0.6 is 0 Å². The number of hydrogen-bond donors (Lipinski definition) is 1. The molecule has 1 aliphatic rings. The molecule has 1 N–H and O–H groups in total. The summed E-state index contributed by atoms with van der Waals surface area (Å²) >= 11 is 0. The van der Waals surface area contributed by atoms with E-state index < -0.39 is 43.4 Å². The van der Waals surface area contributed by atoms with Crippen molar-refractivity contribution in [3.63, 3.8) is 0 Å². The summed E-state index contributed by atoms with van der Waals surface area (Å²) in [6, 6.07) is 4.42. The molecule has 1 amide bonds. The Morgan fingerprint density at radius 1 is 1.30 bits per heavy atom. The molecular formula is C13H17FN2O5S2. The molecule has 0 aromatic heterocycles. The number of rotatable bonds is 6. The van der Waals surface area contributed by atoms with Gasteiger partial charge in [-0.3, -0.25) is 4.79 Å². The summed E-state index contributed by atoms with van der Waals surface area (Å²) in [5.41, 5.74) is 0. The summed E-state index contributed by atoms with van der Waals surface area (Å²) in [6.45, 7) is 1.16. The lowest BCUT2D eigenvalue weighted by atomic mass is 10.2. The lowest BCUT2D eigenvalue weighted by molar-refractivity contribution is -0.133. The molecule has 23 heavy (non-hydrogen) atoms. The minimum Gasteiger partial charge on any atom is -0.339 e. The maximum atomic E-state index is 13.1. The Morgan fingerprint density at radius 3 is 2.52 bits per heavy atom. The van der Waals surface area contributed by atoms with Gasteiger partial charge in [-0.15, -0.1) is 0 Å². The number of hydrogen-bond acceptors (Lipinski definition) is 5. The van der Waals surface area contributed by atoms with E-state index in [1.54, 1.807) is 0 Å². The first-order chi connectivity index (χ1) is 10.7. The first-order valence-corrected chi connectivity index (χ1v) is 10.1. The first-order valence-electron chi connectivity index (χ1n) is 6.90. The van der Waals surface area contributed by atoms with E-state index in [0.29, 0.717) is 0 Å². The van der Waals surface area contributed by atoms with Gasteiger partial charge in [-0.1, -0.05) is 13.0 Å². The quantitative estimate of drug-likeness (QED) is 0.750. The van der Waals surface area contributed by atoms with Crippen molar-refractivity contribution in [2.45, 2.75) is 17.1 Å². The number of halogens is 1. The summed E-state index contributed by atoms with van der Waals surface area (Å²) in [6.07, 6.45) is 0. The fourth-order valence-corrected chi connectivity index (χ4v) is 4.38. The van der Waals surface area contributed by atoms with Gasteiger partial charge in [0.15, 0.2) is 9.84 Å². The molecule has 1 aromatic carbocycles. The van der Waals surface area contributed by atoms with Crippen LogP contribution in [0.15, 0.2) is 29.2 Å². The number of amides is 1. The molecule has 1 aromatic rings. The molecule has 10 heteroatoms. The standard InChI is InChI=1S/C13H17FN2O5S2/c1-2-22(18,19)12-8-16(9-12)13(17)7-15-23(20,21)11-5-3-4-10(14)6-11/h3-6,12,15H,2,7-9H2,1H3. The van der Waals surface area contributed by atoms with Crippen LogP contribution in [0.2, 0.25) is 0 Å². The van der Waals surface area contributed by atoms with Crippen molar-refractivity contribution in [3.8, 4) is 0 Å². The molecule has 0 radical (unpaired) electrons. The number of nitrogens with zero attached hydrogens (tertiary/aromatic N) is 1. The summed E-state index contributed by atoms with van der Waals surface area (Å²) < 4.78 is 62.2. The zero-order valence-corrected chi connectivity index (χ0v) is 14.0. The Kier molecular flexibility index (Phi) is 5.07. The Hall–Kier alpha value is -1.52. The molecule has 7 nitrogen and oxygen atoms in total. The molecule has 0 aliphatic carbocycles. The Morgan fingerprint density at radius 2 is 1.96 bits per heavy atom. The van der Waals surface area contributed by atoms with Crippen LogP contribution in [0.25, 0.3) is 0 Å². The third-order valence-electron chi connectivity index (χ3n) is 3.63. The van der Waals surface area contributed by atoms with Gasteiger partial charge in [-0.2, -0.15) is 0 Å². The molecule has 0 saturated carbocycles. The highest BCUT2D eigenvalue weighted by Crippen LogP contribution is 2.17. The topological polar surface area (TPSA) is 101 Å². The molecule has 0 spiro atoms. The third kappa shape index (κ3) is 4.06. The van der Waals surface area contributed by atoms with Crippen LogP contribution in [0.5, 0.6) is 0 Å². The summed E-state index contributed by atoms with van der Waals surface area (Å²) in [4.78, 5) is 12.9. The molecule has 1 fully saturated rings. The average Bonchev–Trinajstić information content (AvgIpc) is 2.43. The SMILES string of the molecule is CCS(=O)(=O)C1CN(C(=O)CNS(=O)(=O)c2cccc(F)c2)C1. The van der Waals surface area contributed by atoms with E-state index in [1.165, 1.54) is 24.0 Å². The number of carbonyl (C=O) groups excluding carboxylic acids is 1. The van der Waals surface area contributed by atoms with Gasteiger partial charge in [0.05, 0.1) is 16.7 Å². The molecular weight excluding hydrogens is 347 g/mol. The Bertz CT molecular complexity index is 801. The third-order valence-corrected chi connectivity index (χ3v) is 7.15. The van der Waals surface area contributed by atoms with Gasteiger partial charge in [0.1, 0.15) is 5.82 Å². The second kappa shape index (κ2) is 6.54. The fraction of sp³-hybridized carbons (Fsp3) is 0.462. The molecule has 0 unspecified atom stereocenters. The van der Waals surface area contributed by atoms with E-state index in [9.17, 15) is 26.0 Å². The first kappa shape index (κ1) is 17.8. The van der Waals surface area contributed by atoms with Crippen molar-refractivity contribution < 1.29 is 26.0 Å². The minimum absolute atomic E-state index is 0.00585. The minimum atomic E-state index is -4.00. The van der Waals surface area contributed by atoms with E-state index in [1.807, 2.05) is 0 Å². The maximum Gasteiger partial charge on any atom is 0.241 e. The molecule has 1 aliphatic heterocycles. The van der Waals surface area contributed by atoms with E-state index in [-0.39, 0.29) is 23.7 Å². The van der Waals surface area contributed by atoms with Gasteiger partial charge in [0.25, 0.3) is 0 Å². The van der Waals surface area contributed by atoms with Gasteiger partial charge in [-0.05, 0) is 18.2 Å². The summed E-state index contributed by atoms with van der Waals surface area (Å²) in [5.74, 6) is -1.21. The predicted octanol–water partition coefficient (Wildman–Crippen LogP) is -0.250. The highest BCUT2D eigenvalue weighted by molar-refractivity contribution is 7.92. The van der Waals surface area contributed by atoms with Crippen molar-refractivity contribution >= 4 is 25.8 Å². The Balaban J connectivity index is 1.91. The normalized spacial score (nSPS) is 16.2. The smallest absolute Gasteiger partial charge is 0.241 e. The van der Waals surface area contributed by atoms with Gasteiger partial charge in [0, 0.05) is 18.8 Å². The van der Waals surface area contributed by atoms with Crippen molar-refractivity contribution in [3.05, 3.63) is 30.1 Å². The summed E-state index contributed by atoms with van der Waals surface area (Å²) in [5, 5.41) is -0.587. The largest absolute Gasteiger partial charge is 0.339 e. The van der Waals surface area contributed by atoms with Crippen molar-refractivity contribution in [2.24, 2.45) is 0 Å². The van der Waals surface area contributed by atoms with Crippen LogP contribution in [0.4, 0.5) is 4.39 Å². The zero-order valence-electron chi connectivity index (χ0n) is 12.4. The van der Waals surface area contributed by atoms with Crippen molar-refractivity contribution in [2.75, 3.05) is 25.4 Å². The van der Waals surface area contributed by atoms with E-state index in [0.717, 1.165) is 12.1 Å². The monoisotopic (exact) mass is 364 g/mol. The average molecular weight is 364 g/mol. The molecule has 0 atom stereocenters. The van der Waals surface area contributed by atoms with E-state index >= 15 is 0 Å². The number of nitrogens with one attached hydrogen (secondary N) is 1. The molecule has 128 valence electrons. The van der Waals surface area contributed by atoms with Gasteiger partial charge >= 0.3 is 0 Å². The lowest BCUT2D eigenvalue weighted by Crippen LogP contribution is -2.59. The zero-order chi connectivity index (χ0) is 17.3. The predicted molar refractivity (Wildman–Crippen MR) is 81.4 cm³/mol. The second-order valence-corrected chi connectivity index (χ2v) is 9.49. The molecule has 1 heterocycles. The lowest BCUT2D eigenvalue weighted by Gasteiger charge is -2.38. The summed E-state index contributed by atoms with van der Waals surface area (Å²) in [7, 11) is -7.19. The Labute approximate surface area is 134 Å². The molecule has 1 saturated heterocycles. The van der Waals surface area contributed by atoms with Crippen molar-refractivity contribution in [1.82, 2.24) is 9.62 Å². The van der Waals surface area contributed by atoms with Gasteiger partial charge in [-0.25, -0.2) is 25.9 Å². The number of benzene rings is 1. The highest BCUT2D eigenvalue weighted by atomic mass is 32.2. The van der Waals surface area contributed by atoms with E-state index in [4.69, 9.17) is 0 Å². The number of sulfonamides is 1. The van der Waals surface area contributed by atoms with Crippen LogP contribution < -0.4 is 4.72 Å². The number of sulfone groups is 1. The number of carbonyl (C=O) groups is 1. The van der Waals surface area contributed by atoms with Gasteiger partial charge < -0.3 is 4.90 Å². The van der Waals surface area contributed by atoms with E-state index in [2.05, 4.69) is 4.72 Å². The fourth-order valence-electron chi connectivity index (χ4n) is 2.09. The second-order valence-electron chi connectivity index (χ2n) is 5.15. The number of likely N-dealkylation sites (tertiary alicyclic amines) is 1. The highest BCUT2D eigenvalue weighted by Gasteiger charge is 2.38. The van der Waals surface area contributed by atoms with Crippen molar-refractivity contribution in [1.29, 1.82) is 0 Å². The van der Waals surface area contributed by atoms with Crippen LogP contribution in [0.1, 0.15) is 6.92 Å².